The number of carbonyl (C=O) groups is 2. The maximum atomic E-state index is 11.6. The molecular weight excluding hydrogens is 222 g/mol. The number of nitrogens with two attached hydrogens (primary N) is 1. The van der Waals surface area contributed by atoms with Crippen LogP contribution in [0.15, 0.2) is 0 Å². The number of carbonyl (C=O) groups excluding carboxylic acids is 2. The molecule has 1 heterocycles. The Hall–Kier alpha value is -0.980. The minimum Gasteiger partial charge on any atom is -0.383 e. The highest BCUT2D eigenvalue weighted by molar-refractivity contribution is 6.00. The van der Waals surface area contributed by atoms with Gasteiger partial charge in [-0.3, -0.25) is 19.8 Å². The van der Waals surface area contributed by atoms with Crippen LogP contribution in [-0.4, -0.2) is 55.6 Å². The van der Waals surface area contributed by atoms with Crippen LogP contribution in [0, 0.1) is 0 Å². The van der Waals surface area contributed by atoms with Crippen LogP contribution in [0.4, 0.5) is 0 Å². The fraction of sp³-hybridized carbons (Fsp3) is 0.818. The lowest BCUT2D eigenvalue weighted by Crippen LogP contribution is -2.60. The Morgan fingerprint density at radius 3 is 2.88 bits per heavy atom. The van der Waals surface area contributed by atoms with Crippen molar-refractivity contribution < 1.29 is 14.3 Å². The summed E-state index contributed by atoms with van der Waals surface area (Å²) in [5.74, 6) is -0.489. The van der Waals surface area contributed by atoms with Crippen LogP contribution in [-0.2, 0) is 14.3 Å². The second-order valence-electron chi connectivity index (χ2n) is 4.30. The summed E-state index contributed by atoms with van der Waals surface area (Å²) in [5, 5.41) is 2.33. The number of hydrogen-bond donors (Lipinski definition) is 2. The summed E-state index contributed by atoms with van der Waals surface area (Å²) in [6.45, 7) is 3.14. The van der Waals surface area contributed by atoms with Crippen LogP contribution in [0.2, 0.25) is 0 Å². The predicted molar refractivity (Wildman–Crippen MR) is 63.3 cm³/mol. The van der Waals surface area contributed by atoms with E-state index in [4.69, 9.17) is 10.5 Å². The van der Waals surface area contributed by atoms with Gasteiger partial charge < -0.3 is 10.5 Å². The van der Waals surface area contributed by atoms with E-state index in [1.54, 1.807) is 14.0 Å². The molecule has 2 unspecified atom stereocenters. The molecule has 0 aromatic rings. The standard InChI is InChI=1S/C11H21N3O3/c1-8-11(16)13-10(15)6-14(8)9(7-17-2)4-3-5-12/h8-9H,3-7,12H2,1-2H3,(H,13,15,16). The van der Waals surface area contributed by atoms with Gasteiger partial charge in [-0.25, -0.2) is 0 Å². The Labute approximate surface area is 101 Å². The van der Waals surface area contributed by atoms with E-state index in [2.05, 4.69) is 5.32 Å². The first-order chi connectivity index (χ1) is 8.10. The molecule has 0 saturated carbocycles. The number of piperazine rings is 1. The van der Waals surface area contributed by atoms with Gasteiger partial charge in [0, 0.05) is 13.2 Å². The minimum atomic E-state index is -0.300. The third kappa shape index (κ3) is 3.76. The zero-order chi connectivity index (χ0) is 12.8. The Morgan fingerprint density at radius 2 is 2.29 bits per heavy atom. The Morgan fingerprint density at radius 1 is 1.59 bits per heavy atom. The van der Waals surface area contributed by atoms with Crippen molar-refractivity contribution in [3.63, 3.8) is 0 Å². The highest BCUT2D eigenvalue weighted by Crippen LogP contribution is 2.14. The summed E-state index contributed by atoms with van der Waals surface area (Å²) < 4.78 is 5.15. The van der Waals surface area contributed by atoms with E-state index in [1.807, 2.05) is 4.90 Å². The smallest absolute Gasteiger partial charge is 0.243 e. The lowest BCUT2D eigenvalue weighted by Gasteiger charge is -2.37. The monoisotopic (exact) mass is 243 g/mol. The topological polar surface area (TPSA) is 84.7 Å². The number of methoxy groups -OCH3 is 1. The van der Waals surface area contributed by atoms with Gasteiger partial charge >= 0.3 is 0 Å². The van der Waals surface area contributed by atoms with E-state index in [1.165, 1.54) is 0 Å². The van der Waals surface area contributed by atoms with Crippen LogP contribution in [0.25, 0.3) is 0 Å². The first-order valence-corrected chi connectivity index (χ1v) is 5.88. The van der Waals surface area contributed by atoms with E-state index in [0.29, 0.717) is 13.2 Å². The molecule has 1 aliphatic heterocycles. The predicted octanol–water partition coefficient (Wildman–Crippen LogP) is -0.913. The van der Waals surface area contributed by atoms with E-state index < -0.39 is 0 Å². The highest BCUT2D eigenvalue weighted by Gasteiger charge is 2.34. The zero-order valence-corrected chi connectivity index (χ0v) is 10.4. The first kappa shape index (κ1) is 14.1. The number of hydrogen-bond acceptors (Lipinski definition) is 5. The average Bonchev–Trinajstić information content (AvgIpc) is 2.29. The third-order valence-corrected chi connectivity index (χ3v) is 3.04. The molecule has 0 aromatic heterocycles. The van der Waals surface area contributed by atoms with Crippen LogP contribution in [0.5, 0.6) is 0 Å². The fourth-order valence-corrected chi connectivity index (χ4v) is 2.07. The summed E-state index contributed by atoms with van der Waals surface area (Å²) in [5.41, 5.74) is 5.49. The Bertz CT molecular complexity index is 283. The molecule has 2 amide bonds. The van der Waals surface area contributed by atoms with Gasteiger partial charge in [0.2, 0.25) is 11.8 Å². The van der Waals surface area contributed by atoms with Crippen molar-refractivity contribution in [3.05, 3.63) is 0 Å². The van der Waals surface area contributed by atoms with Crippen molar-refractivity contribution in [2.45, 2.75) is 31.8 Å². The number of nitrogens with zero attached hydrogens (tertiary/aromatic N) is 1. The SMILES string of the molecule is COCC(CCCN)N1CC(=O)NC(=O)C1C. The minimum absolute atomic E-state index is 0.0635. The molecular formula is C11H21N3O3. The second-order valence-corrected chi connectivity index (χ2v) is 4.30. The summed E-state index contributed by atoms with van der Waals surface area (Å²) >= 11 is 0. The lowest BCUT2D eigenvalue weighted by atomic mass is 10.1. The number of nitrogens with one attached hydrogen (secondary N) is 1. The molecule has 0 spiro atoms. The van der Waals surface area contributed by atoms with E-state index >= 15 is 0 Å². The first-order valence-electron chi connectivity index (χ1n) is 5.88. The van der Waals surface area contributed by atoms with Crippen molar-refractivity contribution in [2.24, 2.45) is 5.73 Å². The number of rotatable bonds is 6. The summed E-state index contributed by atoms with van der Waals surface area (Å²) in [6.07, 6.45) is 1.68. The fourth-order valence-electron chi connectivity index (χ4n) is 2.07. The summed E-state index contributed by atoms with van der Waals surface area (Å²) in [6, 6.07) is -0.237. The molecule has 17 heavy (non-hydrogen) atoms. The molecule has 6 nitrogen and oxygen atoms in total. The number of ether oxygens (including phenoxy) is 1. The molecule has 2 atom stereocenters. The van der Waals surface area contributed by atoms with Gasteiger partial charge in [-0.05, 0) is 26.3 Å². The average molecular weight is 243 g/mol. The van der Waals surface area contributed by atoms with Crippen molar-refractivity contribution in [2.75, 3.05) is 26.8 Å². The molecule has 0 aliphatic carbocycles. The van der Waals surface area contributed by atoms with Gasteiger partial charge in [0.15, 0.2) is 0 Å². The van der Waals surface area contributed by atoms with Crippen molar-refractivity contribution >= 4 is 11.8 Å². The lowest BCUT2D eigenvalue weighted by molar-refractivity contribution is -0.141. The van der Waals surface area contributed by atoms with Crippen LogP contribution >= 0.6 is 0 Å². The second kappa shape index (κ2) is 6.68. The maximum Gasteiger partial charge on any atom is 0.243 e. The molecule has 1 aliphatic rings. The molecule has 1 saturated heterocycles. The maximum absolute atomic E-state index is 11.6. The van der Waals surface area contributed by atoms with Gasteiger partial charge in [-0.1, -0.05) is 0 Å². The zero-order valence-electron chi connectivity index (χ0n) is 10.4. The molecule has 0 radical (unpaired) electrons. The van der Waals surface area contributed by atoms with E-state index in [0.717, 1.165) is 12.8 Å². The van der Waals surface area contributed by atoms with Crippen molar-refractivity contribution in [1.82, 2.24) is 10.2 Å². The Kier molecular flexibility index (Phi) is 5.54. The van der Waals surface area contributed by atoms with Crippen LogP contribution < -0.4 is 11.1 Å². The molecule has 6 heteroatoms. The third-order valence-electron chi connectivity index (χ3n) is 3.04. The number of amides is 2. The molecule has 1 rings (SSSR count). The Balaban J connectivity index is 2.69. The highest BCUT2D eigenvalue weighted by atomic mass is 16.5. The van der Waals surface area contributed by atoms with Gasteiger partial charge in [0.05, 0.1) is 19.2 Å². The van der Waals surface area contributed by atoms with Gasteiger partial charge in [0.25, 0.3) is 0 Å². The molecule has 98 valence electrons. The van der Waals surface area contributed by atoms with Crippen molar-refractivity contribution in [1.29, 1.82) is 0 Å². The molecule has 0 bridgehead atoms. The normalized spacial score (nSPS) is 23.6. The largest absolute Gasteiger partial charge is 0.383 e. The summed E-state index contributed by atoms with van der Waals surface area (Å²) in [7, 11) is 1.62. The van der Waals surface area contributed by atoms with E-state index in [-0.39, 0.29) is 30.4 Å². The van der Waals surface area contributed by atoms with Gasteiger partial charge in [-0.2, -0.15) is 0 Å². The van der Waals surface area contributed by atoms with Gasteiger partial charge in [-0.15, -0.1) is 0 Å². The molecule has 0 aromatic carbocycles. The summed E-state index contributed by atoms with van der Waals surface area (Å²) in [4.78, 5) is 24.8. The van der Waals surface area contributed by atoms with Gasteiger partial charge in [0.1, 0.15) is 0 Å². The molecule has 1 fully saturated rings. The number of imide groups is 1. The van der Waals surface area contributed by atoms with E-state index in [9.17, 15) is 9.59 Å². The van der Waals surface area contributed by atoms with Crippen molar-refractivity contribution in [3.8, 4) is 0 Å². The van der Waals surface area contributed by atoms with Crippen LogP contribution in [0.1, 0.15) is 19.8 Å². The molecule has 3 N–H and O–H groups in total. The quantitative estimate of drug-likeness (QED) is 0.590. The van der Waals surface area contributed by atoms with Crippen LogP contribution in [0.3, 0.4) is 0 Å².